The molecular weight excluding hydrogens is 468 g/mol. The molecule has 1 unspecified atom stereocenters. The average Bonchev–Trinajstić information content (AvgIpc) is 3.20. The van der Waals surface area contributed by atoms with Crippen molar-refractivity contribution in [1.29, 1.82) is 0 Å². The molecule has 0 saturated carbocycles. The third-order valence-corrected chi connectivity index (χ3v) is 6.18. The number of hydrogen-bond donors (Lipinski definition) is 1. The van der Waals surface area contributed by atoms with Gasteiger partial charge in [-0.3, -0.25) is 9.36 Å². The summed E-state index contributed by atoms with van der Waals surface area (Å²) in [5.74, 6) is 1.42. The highest BCUT2D eigenvalue weighted by atomic mass is 79.9. The number of nitrogens with zero attached hydrogens (tertiary/aromatic N) is 2. The third kappa shape index (κ3) is 4.56. The third-order valence-electron chi connectivity index (χ3n) is 4.52. The SMILES string of the molecule is COc1ccc(-c2cc3ncn(CC(O)COc4cccc(Br)c4)c(=O)c3s2)cc1. The molecule has 2 aromatic carbocycles. The predicted octanol–water partition coefficient (Wildman–Crippen LogP) is 4.34. The second-order valence-corrected chi connectivity index (χ2v) is 8.65. The first-order chi connectivity index (χ1) is 14.5. The maximum atomic E-state index is 12.9. The van der Waals surface area contributed by atoms with E-state index in [1.165, 1.54) is 22.2 Å². The van der Waals surface area contributed by atoms with Gasteiger partial charge in [0.2, 0.25) is 0 Å². The summed E-state index contributed by atoms with van der Waals surface area (Å²) in [4.78, 5) is 18.2. The number of ether oxygens (including phenoxy) is 2. The van der Waals surface area contributed by atoms with E-state index in [4.69, 9.17) is 9.47 Å². The number of benzene rings is 2. The van der Waals surface area contributed by atoms with E-state index in [9.17, 15) is 9.90 Å². The molecule has 0 amide bonds. The molecule has 2 aromatic heterocycles. The number of aromatic nitrogens is 2. The van der Waals surface area contributed by atoms with Gasteiger partial charge in [0.05, 0.1) is 25.5 Å². The molecule has 4 rings (SSSR count). The van der Waals surface area contributed by atoms with Gasteiger partial charge in [-0.15, -0.1) is 11.3 Å². The molecule has 154 valence electrons. The highest BCUT2D eigenvalue weighted by Gasteiger charge is 2.13. The van der Waals surface area contributed by atoms with E-state index < -0.39 is 6.10 Å². The van der Waals surface area contributed by atoms with Gasteiger partial charge < -0.3 is 14.6 Å². The molecule has 2 heterocycles. The van der Waals surface area contributed by atoms with Gasteiger partial charge in [-0.1, -0.05) is 22.0 Å². The maximum Gasteiger partial charge on any atom is 0.271 e. The molecule has 8 heteroatoms. The number of halogens is 1. The van der Waals surface area contributed by atoms with Gasteiger partial charge in [0.25, 0.3) is 5.56 Å². The van der Waals surface area contributed by atoms with Crippen molar-refractivity contribution >= 4 is 37.5 Å². The van der Waals surface area contributed by atoms with Crippen LogP contribution in [0.5, 0.6) is 11.5 Å². The minimum Gasteiger partial charge on any atom is -0.497 e. The Bertz CT molecular complexity index is 1220. The first-order valence-electron chi connectivity index (χ1n) is 9.23. The molecule has 0 aliphatic heterocycles. The van der Waals surface area contributed by atoms with Crippen LogP contribution in [0.15, 0.2) is 70.2 Å². The van der Waals surface area contributed by atoms with Crippen molar-refractivity contribution in [1.82, 2.24) is 9.55 Å². The van der Waals surface area contributed by atoms with Gasteiger partial charge in [0.1, 0.15) is 28.9 Å². The lowest BCUT2D eigenvalue weighted by Crippen LogP contribution is -2.30. The molecule has 0 aliphatic carbocycles. The second-order valence-electron chi connectivity index (χ2n) is 6.68. The highest BCUT2D eigenvalue weighted by molar-refractivity contribution is 9.10. The zero-order valence-electron chi connectivity index (χ0n) is 16.1. The van der Waals surface area contributed by atoms with Crippen LogP contribution in [-0.2, 0) is 6.54 Å². The zero-order valence-corrected chi connectivity index (χ0v) is 18.5. The fourth-order valence-corrected chi connectivity index (χ4v) is 4.45. The quantitative estimate of drug-likeness (QED) is 0.420. The standard InChI is InChI=1S/C22H19BrN2O4S/c1-28-17-7-5-14(6-8-17)20-10-19-21(30-20)22(27)25(13-24-19)11-16(26)12-29-18-4-2-3-15(23)9-18/h2-10,13,16,26H,11-12H2,1H3. The Morgan fingerprint density at radius 1 is 1.17 bits per heavy atom. The van der Waals surface area contributed by atoms with Crippen molar-refractivity contribution in [3.05, 3.63) is 75.8 Å². The molecule has 1 atom stereocenters. The van der Waals surface area contributed by atoms with Crippen LogP contribution in [0, 0.1) is 0 Å². The van der Waals surface area contributed by atoms with Crippen LogP contribution in [0.4, 0.5) is 0 Å². The Kier molecular flexibility index (Phi) is 6.17. The van der Waals surface area contributed by atoms with Crippen LogP contribution in [-0.4, -0.2) is 34.5 Å². The Labute approximate surface area is 185 Å². The zero-order chi connectivity index (χ0) is 21.1. The van der Waals surface area contributed by atoms with Crippen molar-refractivity contribution < 1.29 is 14.6 Å². The maximum absolute atomic E-state index is 12.9. The summed E-state index contributed by atoms with van der Waals surface area (Å²) in [6, 6.07) is 16.9. The number of rotatable bonds is 7. The van der Waals surface area contributed by atoms with Crippen LogP contribution in [0.3, 0.4) is 0 Å². The van der Waals surface area contributed by atoms with Gasteiger partial charge in [-0.2, -0.15) is 0 Å². The topological polar surface area (TPSA) is 73.6 Å². The van der Waals surface area contributed by atoms with Gasteiger partial charge in [-0.05, 0) is 54.1 Å². The van der Waals surface area contributed by atoms with Gasteiger partial charge >= 0.3 is 0 Å². The molecule has 0 spiro atoms. The summed E-state index contributed by atoms with van der Waals surface area (Å²) >= 11 is 4.77. The molecular formula is C22H19BrN2O4S. The first kappa shape index (κ1) is 20.6. The van der Waals surface area contributed by atoms with E-state index in [0.717, 1.165) is 20.7 Å². The summed E-state index contributed by atoms with van der Waals surface area (Å²) in [5.41, 5.74) is 1.46. The average molecular weight is 487 g/mol. The number of hydrogen-bond acceptors (Lipinski definition) is 6. The second kappa shape index (κ2) is 8.99. The minimum atomic E-state index is -0.845. The van der Waals surface area contributed by atoms with Crippen LogP contribution in [0.2, 0.25) is 0 Å². The molecule has 30 heavy (non-hydrogen) atoms. The number of aliphatic hydroxyl groups is 1. The van der Waals surface area contributed by atoms with Crippen LogP contribution >= 0.6 is 27.3 Å². The number of fused-ring (bicyclic) bond motifs is 1. The Morgan fingerprint density at radius 3 is 2.70 bits per heavy atom. The van der Waals surface area contributed by atoms with E-state index in [1.807, 2.05) is 54.6 Å². The van der Waals surface area contributed by atoms with Crippen LogP contribution in [0.1, 0.15) is 0 Å². The fraction of sp³-hybridized carbons (Fsp3) is 0.182. The van der Waals surface area contributed by atoms with E-state index in [1.54, 1.807) is 7.11 Å². The van der Waals surface area contributed by atoms with Crippen LogP contribution < -0.4 is 15.0 Å². The minimum absolute atomic E-state index is 0.0719. The van der Waals surface area contributed by atoms with Crippen molar-refractivity contribution in [2.45, 2.75) is 12.6 Å². The van der Waals surface area contributed by atoms with Gasteiger partial charge in [0, 0.05) is 9.35 Å². The fourth-order valence-electron chi connectivity index (χ4n) is 3.00. The van der Waals surface area contributed by atoms with Crippen molar-refractivity contribution in [3.63, 3.8) is 0 Å². The molecule has 1 N–H and O–H groups in total. The molecule has 6 nitrogen and oxygen atoms in total. The lowest BCUT2D eigenvalue weighted by Gasteiger charge is -2.13. The molecule has 0 aliphatic rings. The number of methoxy groups -OCH3 is 1. The normalized spacial score (nSPS) is 12.1. The number of aliphatic hydroxyl groups excluding tert-OH is 1. The van der Waals surface area contributed by atoms with E-state index in [0.29, 0.717) is 16.0 Å². The first-order valence-corrected chi connectivity index (χ1v) is 10.8. The Hall–Kier alpha value is -2.68. The lowest BCUT2D eigenvalue weighted by atomic mass is 10.2. The molecule has 0 bridgehead atoms. The van der Waals surface area contributed by atoms with E-state index in [2.05, 4.69) is 20.9 Å². The van der Waals surface area contributed by atoms with E-state index >= 15 is 0 Å². The lowest BCUT2D eigenvalue weighted by molar-refractivity contribution is 0.0914. The van der Waals surface area contributed by atoms with E-state index in [-0.39, 0.29) is 18.7 Å². The van der Waals surface area contributed by atoms with Crippen molar-refractivity contribution in [2.75, 3.05) is 13.7 Å². The monoisotopic (exact) mass is 486 g/mol. The summed E-state index contributed by atoms with van der Waals surface area (Å²) in [5, 5.41) is 10.3. The smallest absolute Gasteiger partial charge is 0.271 e. The molecule has 0 radical (unpaired) electrons. The summed E-state index contributed by atoms with van der Waals surface area (Å²) in [6.07, 6.45) is 0.624. The summed E-state index contributed by atoms with van der Waals surface area (Å²) < 4.78 is 13.7. The summed E-state index contributed by atoms with van der Waals surface area (Å²) in [6.45, 7) is 0.175. The Morgan fingerprint density at radius 2 is 1.97 bits per heavy atom. The van der Waals surface area contributed by atoms with Crippen molar-refractivity contribution in [2.24, 2.45) is 0 Å². The predicted molar refractivity (Wildman–Crippen MR) is 122 cm³/mol. The van der Waals surface area contributed by atoms with Crippen LogP contribution in [0.25, 0.3) is 20.7 Å². The molecule has 0 saturated heterocycles. The molecule has 0 fully saturated rings. The Balaban J connectivity index is 1.50. The van der Waals surface area contributed by atoms with Gasteiger partial charge in [0.15, 0.2) is 0 Å². The highest BCUT2D eigenvalue weighted by Crippen LogP contribution is 2.31. The molecule has 4 aromatic rings. The largest absolute Gasteiger partial charge is 0.497 e. The van der Waals surface area contributed by atoms with Crippen molar-refractivity contribution in [3.8, 4) is 21.9 Å². The number of thiophene rings is 1. The summed E-state index contributed by atoms with van der Waals surface area (Å²) in [7, 11) is 1.62. The van der Waals surface area contributed by atoms with Gasteiger partial charge in [-0.25, -0.2) is 4.98 Å².